The quantitative estimate of drug-likeness (QED) is 0.0649. The number of benzene rings is 5. The van der Waals surface area contributed by atoms with Crippen LogP contribution in [0.4, 0.5) is 9.59 Å². The van der Waals surface area contributed by atoms with Crippen molar-refractivity contribution in [2.24, 2.45) is 0 Å². The number of urea groups is 1. The third-order valence-electron chi connectivity index (χ3n) is 8.18. The first-order valence-corrected chi connectivity index (χ1v) is 17.7. The van der Waals surface area contributed by atoms with Crippen molar-refractivity contribution in [2.75, 3.05) is 12.4 Å². The van der Waals surface area contributed by atoms with E-state index in [1.54, 1.807) is 0 Å². The number of carboxylic acids is 1. The minimum atomic E-state index is -1.24. The Balaban J connectivity index is 1.07. The topological polar surface area (TPSA) is 117 Å². The number of carboxylic acid groups (broad SMARTS) is 1. The number of hydrazine groups is 1. The predicted octanol–water partition coefficient (Wildman–Crippen LogP) is 7.57. The maximum absolute atomic E-state index is 12.7. The Labute approximate surface area is 286 Å². The second-order valence-electron chi connectivity index (χ2n) is 11.1. The highest BCUT2D eigenvalue weighted by Gasteiger charge is 2.38. The van der Waals surface area contributed by atoms with Gasteiger partial charge in [-0.05, 0) is 38.9 Å². The van der Waals surface area contributed by atoms with E-state index in [9.17, 15) is 19.5 Å². The van der Waals surface area contributed by atoms with Crippen LogP contribution in [-0.2, 0) is 14.3 Å². The van der Waals surface area contributed by atoms with E-state index in [1.165, 1.54) is 21.6 Å². The van der Waals surface area contributed by atoms with Gasteiger partial charge in [0, 0.05) is 11.7 Å². The fourth-order valence-electron chi connectivity index (χ4n) is 5.96. The van der Waals surface area contributed by atoms with Crippen LogP contribution in [0.5, 0.6) is 0 Å². The summed E-state index contributed by atoms with van der Waals surface area (Å²) in [7, 11) is 2.86. The standard InChI is InChI=1S/C38H33N3O5S2/c42-35(43)34(25-47-48-38(26-14-4-1-5-15-26,27-16-6-2-7-17-27)28-18-8-3-9-19-28)39-36(44)40-41-37(45)46-24-33-31-22-12-10-20-29(31)30-21-11-13-23-32(30)33/h1-23,33-34H,24-25H2,(H,41,45)(H,42,43)(H2,39,40,44)/t34-/m0/s1. The predicted molar refractivity (Wildman–Crippen MR) is 191 cm³/mol. The Bertz CT molecular complexity index is 1730. The lowest BCUT2D eigenvalue weighted by Crippen LogP contribution is -2.52. The van der Waals surface area contributed by atoms with Crippen molar-refractivity contribution < 1.29 is 24.2 Å². The van der Waals surface area contributed by atoms with E-state index in [0.29, 0.717) is 0 Å². The summed E-state index contributed by atoms with van der Waals surface area (Å²) < 4.78 is 4.79. The third-order valence-corrected chi connectivity index (χ3v) is 11.2. The van der Waals surface area contributed by atoms with Crippen molar-refractivity contribution >= 4 is 39.7 Å². The highest BCUT2D eigenvalue weighted by molar-refractivity contribution is 8.77. The molecule has 10 heteroatoms. The molecule has 0 unspecified atom stereocenters. The molecule has 1 aliphatic rings. The van der Waals surface area contributed by atoms with Crippen molar-refractivity contribution in [3.05, 3.63) is 167 Å². The van der Waals surface area contributed by atoms with Crippen LogP contribution in [-0.4, -0.2) is 41.6 Å². The smallest absolute Gasteiger partial charge is 0.426 e. The molecule has 0 bridgehead atoms. The van der Waals surface area contributed by atoms with Gasteiger partial charge in [0.25, 0.3) is 0 Å². The minimum Gasteiger partial charge on any atom is -0.480 e. The van der Waals surface area contributed by atoms with Gasteiger partial charge in [-0.2, -0.15) is 0 Å². The number of hydrogen-bond donors (Lipinski definition) is 4. The molecule has 0 heterocycles. The number of fused-ring (bicyclic) bond motifs is 3. The molecule has 0 saturated heterocycles. The number of carbonyl (C=O) groups excluding carboxylic acids is 2. The molecule has 0 fully saturated rings. The molecule has 242 valence electrons. The van der Waals surface area contributed by atoms with Crippen molar-refractivity contribution in [3.63, 3.8) is 0 Å². The van der Waals surface area contributed by atoms with Gasteiger partial charge in [0.05, 0.1) is 0 Å². The van der Waals surface area contributed by atoms with Crippen LogP contribution >= 0.6 is 21.6 Å². The van der Waals surface area contributed by atoms with Gasteiger partial charge in [0.2, 0.25) is 0 Å². The molecule has 1 aliphatic carbocycles. The molecule has 5 aromatic rings. The van der Waals surface area contributed by atoms with Gasteiger partial charge < -0.3 is 15.2 Å². The maximum Gasteiger partial charge on any atom is 0.426 e. The van der Waals surface area contributed by atoms with Crippen molar-refractivity contribution in [1.29, 1.82) is 0 Å². The van der Waals surface area contributed by atoms with Crippen LogP contribution in [0.15, 0.2) is 140 Å². The average Bonchev–Trinajstić information content (AvgIpc) is 3.45. The number of ether oxygens (including phenoxy) is 1. The number of rotatable bonds is 11. The van der Waals surface area contributed by atoms with Gasteiger partial charge >= 0.3 is 18.1 Å². The Kier molecular flexibility index (Phi) is 10.3. The minimum absolute atomic E-state index is 0.0482. The van der Waals surface area contributed by atoms with E-state index in [-0.39, 0.29) is 18.3 Å². The molecule has 0 saturated carbocycles. The second kappa shape index (κ2) is 15.1. The molecule has 4 N–H and O–H groups in total. The molecule has 0 radical (unpaired) electrons. The maximum atomic E-state index is 12.7. The van der Waals surface area contributed by atoms with Gasteiger partial charge in [-0.15, -0.1) is 0 Å². The number of hydrogen-bond acceptors (Lipinski definition) is 6. The zero-order chi connectivity index (χ0) is 33.3. The van der Waals surface area contributed by atoms with E-state index < -0.39 is 28.9 Å². The zero-order valence-corrected chi connectivity index (χ0v) is 27.4. The summed E-state index contributed by atoms with van der Waals surface area (Å²) >= 11 is 0. The van der Waals surface area contributed by atoms with Gasteiger partial charge in [0.15, 0.2) is 0 Å². The second-order valence-corrected chi connectivity index (χ2v) is 13.6. The van der Waals surface area contributed by atoms with E-state index in [0.717, 1.165) is 38.9 Å². The summed E-state index contributed by atoms with van der Waals surface area (Å²) in [5.74, 6) is -1.30. The first kappa shape index (κ1) is 32.7. The number of aliphatic carboxylic acids is 1. The van der Waals surface area contributed by atoms with Crippen LogP contribution in [0, 0.1) is 0 Å². The van der Waals surface area contributed by atoms with Crippen LogP contribution in [0.25, 0.3) is 11.1 Å². The van der Waals surface area contributed by atoms with Gasteiger partial charge in [-0.3, -0.25) is 0 Å². The van der Waals surface area contributed by atoms with E-state index in [2.05, 4.69) is 52.6 Å². The van der Waals surface area contributed by atoms with Crippen LogP contribution in [0.1, 0.15) is 33.7 Å². The van der Waals surface area contributed by atoms with E-state index in [4.69, 9.17) is 4.74 Å². The van der Waals surface area contributed by atoms with Crippen LogP contribution in [0.3, 0.4) is 0 Å². The van der Waals surface area contributed by atoms with Gasteiger partial charge in [-0.1, -0.05) is 161 Å². The highest BCUT2D eigenvalue weighted by Crippen LogP contribution is 2.53. The third kappa shape index (κ3) is 7.05. The Morgan fingerprint density at radius 2 is 1.12 bits per heavy atom. The molecular formula is C38H33N3O5S2. The molecule has 0 spiro atoms. The molecule has 48 heavy (non-hydrogen) atoms. The number of amides is 3. The van der Waals surface area contributed by atoms with Crippen LogP contribution in [0.2, 0.25) is 0 Å². The molecule has 1 atom stereocenters. The monoisotopic (exact) mass is 675 g/mol. The molecule has 3 amide bonds. The molecule has 0 aliphatic heterocycles. The van der Waals surface area contributed by atoms with Crippen molar-refractivity contribution in [1.82, 2.24) is 16.2 Å². The molecular weight excluding hydrogens is 643 g/mol. The highest BCUT2D eigenvalue weighted by atomic mass is 33.1. The molecule has 5 aromatic carbocycles. The van der Waals surface area contributed by atoms with Crippen molar-refractivity contribution in [2.45, 2.75) is 16.7 Å². The molecule has 6 rings (SSSR count). The van der Waals surface area contributed by atoms with Gasteiger partial charge in [-0.25, -0.2) is 25.2 Å². The first-order valence-electron chi connectivity index (χ1n) is 15.3. The fraction of sp³-hybridized carbons (Fsp3) is 0.132. The Morgan fingerprint density at radius 1 is 0.667 bits per heavy atom. The normalized spacial score (nSPS) is 12.7. The van der Waals surface area contributed by atoms with E-state index in [1.807, 2.05) is 103 Å². The van der Waals surface area contributed by atoms with Crippen molar-refractivity contribution in [3.8, 4) is 11.1 Å². The lowest BCUT2D eigenvalue weighted by atomic mass is 9.84. The summed E-state index contributed by atoms with van der Waals surface area (Å²) in [6.45, 7) is 0.0702. The lowest BCUT2D eigenvalue weighted by Gasteiger charge is -2.35. The summed E-state index contributed by atoms with van der Waals surface area (Å²) in [6.07, 6.45) is -0.859. The largest absolute Gasteiger partial charge is 0.480 e. The summed E-state index contributed by atoms with van der Waals surface area (Å²) in [5, 5.41) is 12.4. The summed E-state index contributed by atoms with van der Waals surface area (Å²) in [4.78, 5) is 37.4. The Morgan fingerprint density at radius 3 is 1.60 bits per heavy atom. The van der Waals surface area contributed by atoms with E-state index >= 15 is 0 Å². The van der Waals surface area contributed by atoms with Gasteiger partial charge in [0.1, 0.15) is 17.4 Å². The number of carbonyl (C=O) groups is 3. The SMILES string of the molecule is O=C(NNC(=O)OCC1c2ccccc2-c2ccccc21)N[C@@H](CSSC(c1ccccc1)(c1ccccc1)c1ccccc1)C(=O)O. The fourth-order valence-corrected chi connectivity index (χ4v) is 9.28. The summed E-state index contributed by atoms with van der Waals surface area (Å²) in [6, 6.07) is 44.0. The van der Waals surface area contributed by atoms with Crippen LogP contribution < -0.4 is 16.2 Å². The lowest BCUT2D eigenvalue weighted by molar-refractivity contribution is -0.138. The first-order chi connectivity index (χ1) is 23.5. The molecule has 0 aromatic heterocycles. The Hall–Kier alpha value is -5.19. The zero-order valence-electron chi connectivity index (χ0n) is 25.7. The number of nitrogens with one attached hydrogen (secondary N) is 3. The average molecular weight is 676 g/mol. The summed E-state index contributed by atoms with van der Waals surface area (Å²) in [5.41, 5.74) is 11.9. The molecule has 8 nitrogen and oxygen atoms in total.